The Hall–Kier alpha value is -1.97. The number of carbonyl (C=O) groups is 1. The minimum Gasteiger partial charge on any atom is -0.494 e. The monoisotopic (exact) mass is 286 g/mol. The molecule has 4 nitrogen and oxygen atoms in total. The topological polar surface area (TPSA) is 34.5 Å². The van der Waals surface area contributed by atoms with Gasteiger partial charge in [0, 0.05) is 29.7 Å². The number of amides is 1. The molecule has 1 aliphatic carbocycles. The fourth-order valence-corrected chi connectivity index (χ4v) is 2.83. The third kappa shape index (κ3) is 2.89. The van der Waals surface area contributed by atoms with Crippen LogP contribution in [-0.2, 0) is 11.3 Å². The zero-order chi connectivity index (χ0) is 14.8. The van der Waals surface area contributed by atoms with Crippen molar-refractivity contribution in [3.8, 4) is 5.75 Å². The van der Waals surface area contributed by atoms with Crippen LogP contribution in [0.4, 0.5) is 0 Å². The highest BCUT2D eigenvalue weighted by Gasteiger charge is 2.31. The molecular formula is C17H22N2O2. The zero-order valence-electron chi connectivity index (χ0n) is 12.7. The summed E-state index contributed by atoms with van der Waals surface area (Å²) >= 11 is 0. The lowest BCUT2D eigenvalue weighted by molar-refractivity contribution is -0.132. The van der Waals surface area contributed by atoms with Crippen molar-refractivity contribution in [1.29, 1.82) is 0 Å². The van der Waals surface area contributed by atoms with Crippen LogP contribution in [0.3, 0.4) is 0 Å². The van der Waals surface area contributed by atoms with Gasteiger partial charge in [-0.25, -0.2) is 0 Å². The van der Waals surface area contributed by atoms with E-state index in [1.807, 2.05) is 46.9 Å². The van der Waals surface area contributed by atoms with Gasteiger partial charge in [0.25, 0.3) is 0 Å². The highest BCUT2D eigenvalue weighted by atomic mass is 16.5. The lowest BCUT2D eigenvalue weighted by Crippen LogP contribution is -2.35. The molecule has 1 fully saturated rings. The summed E-state index contributed by atoms with van der Waals surface area (Å²) in [7, 11) is 0. The number of nitrogens with zero attached hydrogens (tertiary/aromatic N) is 2. The van der Waals surface area contributed by atoms with Gasteiger partial charge in [-0.3, -0.25) is 4.79 Å². The fraction of sp³-hybridized carbons (Fsp3) is 0.471. The van der Waals surface area contributed by atoms with Crippen molar-refractivity contribution in [3.05, 3.63) is 30.5 Å². The third-order valence-electron chi connectivity index (χ3n) is 4.01. The number of fused-ring (bicyclic) bond motifs is 1. The summed E-state index contributed by atoms with van der Waals surface area (Å²) in [6.45, 7) is 5.92. The van der Waals surface area contributed by atoms with E-state index in [9.17, 15) is 4.79 Å². The molecule has 1 amide bonds. The van der Waals surface area contributed by atoms with Crippen LogP contribution in [0, 0.1) is 0 Å². The standard InChI is InChI=1S/C17H22N2O2/c1-3-19(14-5-6-14)17(20)12-18-10-9-13-11-15(21-4-2)7-8-16(13)18/h7-11,14H,3-6,12H2,1-2H3. The SMILES string of the molecule is CCOc1ccc2c(ccn2CC(=O)N(CC)C2CC2)c1. The Kier molecular flexibility index (Phi) is 3.86. The van der Waals surface area contributed by atoms with E-state index in [0.29, 0.717) is 19.2 Å². The van der Waals surface area contributed by atoms with Gasteiger partial charge >= 0.3 is 0 Å². The lowest BCUT2D eigenvalue weighted by Gasteiger charge is -2.20. The molecule has 1 heterocycles. The summed E-state index contributed by atoms with van der Waals surface area (Å²) in [5.41, 5.74) is 1.08. The van der Waals surface area contributed by atoms with Gasteiger partial charge in [-0.2, -0.15) is 0 Å². The van der Waals surface area contributed by atoms with Gasteiger partial charge in [-0.1, -0.05) is 0 Å². The Morgan fingerprint density at radius 1 is 1.33 bits per heavy atom. The van der Waals surface area contributed by atoms with E-state index in [2.05, 4.69) is 6.92 Å². The molecule has 0 bridgehead atoms. The molecule has 3 rings (SSSR count). The zero-order valence-corrected chi connectivity index (χ0v) is 12.7. The summed E-state index contributed by atoms with van der Waals surface area (Å²) in [6.07, 6.45) is 4.30. The van der Waals surface area contributed by atoms with E-state index >= 15 is 0 Å². The number of rotatable bonds is 6. The number of aromatic nitrogens is 1. The molecule has 4 heteroatoms. The Bertz CT molecular complexity index is 643. The van der Waals surface area contributed by atoms with E-state index in [1.165, 1.54) is 0 Å². The van der Waals surface area contributed by atoms with Crippen LogP contribution < -0.4 is 4.74 Å². The van der Waals surface area contributed by atoms with Crippen LogP contribution in [0.5, 0.6) is 5.75 Å². The van der Waals surface area contributed by atoms with E-state index in [-0.39, 0.29) is 5.91 Å². The third-order valence-corrected chi connectivity index (χ3v) is 4.01. The van der Waals surface area contributed by atoms with Gasteiger partial charge in [-0.05, 0) is 51.0 Å². The van der Waals surface area contributed by atoms with Crippen LogP contribution in [0.15, 0.2) is 30.5 Å². The van der Waals surface area contributed by atoms with Crippen molar-refractivity contribution >= 4 is 16.8 Å². The Labute approximate surface area is 125 Å². The number of carbonyl (C=O) groups excluding carboxylic acids is 1. The number of hydrogen-bond donors (Lipinski definition) is 0. The molecule has 1 aliphatic rings. The van der Waals surface area contributed by atoms with Gasteiger partial charge in [0.15, 0.2) is 0 Å². The second-order valence-electron chi connectivity index (χ2n) is 5.51. The van der Waals surface area contributed by atoms with Crippen LogP contribution in [0.2, 0.25) is 0 Å². The van der Waals surface area contributed by atoms with Crippen molar-refractivity contribution in [2.75, 3.05) is 13.2 Å². The summed E-state index contributed by atoms with van der Waals surface area (Å²) in [5.74, 6) is 1.09. The van der Waals surface area contributed by atoms with Gasteiger partial charge in [-0.15, -0.1) is 0 Å². The van der Waals surface area contributed by atoms with E-state index in [1.54, 1.807) is 0 Å². The molecule has 1 aromatic heterocycles. The van der Waals surface area contributed by atoms with Crippen LogP contribution in [0.25, 0.3) is 10.9 Å². The number of likely N-dealkylation sites (N-methyl/N-ethyl adjacent to an activating group) is 1. The van der Waals surface area contributed by atoms with E-state index in [0.717, 1.165) is 36.0 Å². The first-order valence-electron chi connectivity index (χ1n) is 7.74. The molecule has 0 saturated heterocycles. The van der Waals surface area contributed by atoms with Crippen molar-refractivity contribution in [3.63, 3.8) is 0 Å². The summed E-state index contributed by atoms with van der Waals surface area (Å²) in [5, 5.41) is 1.11. The molecule has 1 aromatic carbocycles. The predicted molar refractivity (Wildman–Crippen MR) is 83.5 cm³/mol. The number of benzene rings is 1. The number of hydrogen-bond acceptors (Lipinski definition) is 2. The number of ether oxygens (including phenoxy) is 1. The predicted octanol–water partition coefficient (Wildman–Crippen LogP) is 3.05. The van der Waals surface area contributed by atoms with Gasteiger partial charge in [0.1, 0.15) is 12.3 Å². The summed E-state index contributed by atoms with van der Waals surface area (Å²) in [6, 6.07) is 8.54. The molecule has 0 spiro atoms. The van der Waals surface area contributed by atoms with Crippen LogP contribution in [0.1, 0.15) is 26.7 Å². The molecule has 0 N–H and O–H groups in total. The van der Waals surface area contributed by atoms with E-state index < -0.39 is 0 Å². The maximum absolute atomic E-state index is 12.4. The first-order chi connectivity index (χ1) is 10.2. The highest BCUT2D eigenvalue weighted by molar-refractivity contribution is 5.84. The fourth-order valence-electron chi connectivity index (χ4n) is 2.83. The smallest absolute Gasteiger partial charge is 0.242 e. The molecule has 0 radical (unpaired) electrons. The first-order valence-corrected chi connectivity index (χ1v) is 7.74. The summed E-state index contributed by atoms with van der Waals surface area (Å²) in [4.78, 5) is 14.4. The molecule has 1 saturated carbocycles. The van der Waals surface area contributed by atoms with Gasteiger partial charge < -0.3 is 14.2 Å². The highest BCUT2D eigenvalue weighted by Crippen LogP contribution is 2.27. The molecule has 2 aromatic rings. The Morgan fingerprint density at radius 2 is 2.14 bits per heavy atom. The maximum atomic E-state index is 12.4. The Balaban J connectivity index is 1.79. The lowest BCUT2D eigenvalue weighted by atomic mass is 10.2. The largest absolute Gasteiger partial charge is 0.494 e. The first kappa shape index (κ1) is 14.0. The Morgan fingerprint density at radius 3 is 2.81 bits per heavy atom. The minimum absolute atomic E-state index is 0.214. The molecule has 0 aliphatic heterocycles. The quantitative estimate of drug-likeness (QED) is 0.818. The molecular weight excluding hydrogens is 264 g/mol. The normalized spacial score (nSPS) is 14.4. The van der Waals surface area contributed by atoms with Gasteiger partial charge in [0.2, 0.25) is 5.91 Å². The minimum atomic E-state index is 0.214. The molecule has 0 atom stereocenters. The van der Waals surface area contributed by atoms with E-state index in [4.69, 9.17) is 4.74 Å². The van der Waals surface area contributed by atoms with Crippen molar-refractivity contribution in [1.82, 2.24) is 9.47 Å². The molecule has 21 heavy (non-hydrogen) atoms. The van der Waals surface area contributed by atoms with Crippen molar-refractivity contribution in [2.24, 2.45) is 0 Å². The second-order valence-corrected chi connectivity index (χ2v) is 5.51. The second kappa shape index (κ2) is 5.80. The average Bonchev–Trinajstić information content (AvgIpc) is 3.23. The van der Waals surface area contributed by atoms with Crippen LogP contribution >= 0.6 is 0 Å². The van der Waals surface area contributed by atoms with Crippen molar-refractivity contribution in [2.45, 2.75) is 39.3 Å². The van der Waals surface area contributed by atoms with Crippen molar-refractivity contribution < 1.29 is 9.53 Å². The van der Waals surface area contributed by atoms with Gasteiger partial charge in [0.05, 0.1) is 6.61 Å². The molecule has 0 unspecified atom stereocenters. The summed E-state index contributed by atoms with van der Waals surface area (Å²) < 4.78 is 7.54. The van der Waals surface area contributed by atoms with Crippen LogP contribution in [-0.4, -0.2) is 34.6 Å². The average molecular weight is 286 g/mol. The molecule has 112 valence electrons. The maximum Gasteiger partial charge on any atom is 0.242 e.